The SMILES string of the molecule is O=C(C=CCN1CCOCC1)N1CC[C@H](O)[C@H](Cc2ccc(Cl)cc2)C1. The number of nitrogens with zero attached hydrogens (tertiary/aromatic N) is 2. The standard InChI is InChI=1S/C20H27ClN2O3/c21-18-5-3-16(4-6-18)14-17-15-23(9-7-19(17)24)20(25)2-1-8-22-10-12-26-13-11-22/h1-6,17,19,24H,7-15H2/t17-,19+/m1/s1. The molecule has 2 heterocycles. The number of aliphatic hydroxyl groups is 1. The minimum atomic E-state index is -0.368. The van der Waals surface area contributed by atoms with E-state index in [1.54, 1.807) is 6.08 Å². The Morgan fingerprint density at radius 3 is 2.69 bits per heavy atom. The number of benzene rings is 1. The predicted octanol–water partition coefficient (Wildman–Crippen LogP) is 1.98. The van der Waals surface area contributed by atoms with E-state index in [1.165, 1.54) is 0 Å². The van der Waals surface area contributed by atoms with Crippen LogP contribution in [0.1, 0.15) is 12.0 Å². The molecule has 0 spiro atoms. The molecule has 26 heavy (non-hydrogen) atoms. The molecule has 0 aromatic heterocycles. The smallest absolute Gasteiger partial charge is 0.246 e. The largest absolute Gasteiger partial charge is 0.393 e. The molecule has 0 unspecified atom stereocenters. The fourth-order valence-electron chi connectivity index (χ4n) is 3.54. The van der Waals surface area contributed by atoms with Crippen molar-refractivity contribution < 1.29 is 14.6 Å². The molecule has 2 saturated heterocycles. The highest BCUT2D eigenvalue weighted by molar-refractivity contribution is 6.30. The van der Waals surface area contributed by atoms with Gasteiger partial charge in [-0.3, -0.25) is 9.69 Å². The van der Waals surface area contributed by atoms with Gasteiger partial charge in [0.05, 0.1) is 19.3 Å². The highest BCUT2D eigenvalue weighted by Crippen LogP contribution is 2.22. The van der Waals surface area contributed by atoms with Gasteiger partial charge in [0.25, 0.3) is 0 Å². The normalized spacial score (nSPS) is 24.9. The van der Waals surface area contributed by atoms with Gasteiger partial charge in [-0.25, -0.2) is 0 Å². The second-order valence-corrected chi connectivity index (χ2v) is 7.48. The van der Waals surface area contributed by atoms with E-state index in [0.717, 1.165) is 44.8 Å². The Hall–Kier alpha value is -1.40. The van der Waals surface area contributed by atoms with Gasteiger partial charge in [-0.05, 0) is 30.5 Å². The molecule has 1 N–H and O–H groups in total. The molecule has 1 amide bonds. The molecular weight excluding hydrogens is 352 g/mol. The average molecular weight is 379 g/mol. The monoisotopic (exact) mass is 378 g/mol. The summed E-state index contributed by atoms with van der Waals surface area (Å²) >= 11 is 5.93. The van der Waals surface area contributed by atoms with Gasteiger partial charge in [-0.2, -0.15) is 0 Å². The topological polar surface area (TPSA) is 53.0 Å². The summed E-state index contributed by atoms with van der Waals surface area (Å²) in [6, 6.07) is 7.70. The number of aliphatic hydroxyl groups excluding tert-OH is 1. The molecule has 2 aliphatic rings. The predicted molar refractivity (Wildman–Crippen MR) is 102 cm³/mol. The van der Waals surface area contributed by atoms with E-state index in [-0.39, 0.29) is 17.9 Å². The van der Waals surface area contributed by atoms with Gasteiger partial charge in [-0.15, -0.1) is 0 Å². The lowest BCUT2D eigenvalue weighted by Crippen LogP contribution is -2.46. The van der Waals surface area contributed by atoms with Crippen LogP contribution in [0, 0.1) is 5.92 Å². The zero-order chi connectivity index (χ0) is 18.4. The molecule has 1 aromatic carbocycles. The number of rotatable bonds is 5. The summed E-state index contributed by atoms with van der Waals surface area (Å²) in [5.41, 5.74) is 1.13. The Balaban J connectivity index is 1.51. The maximum atomic E-state index is 12.5. The summed E-state index contributed by atoms with van der Waals surface area (Å²) in [7, 11) is 0. The first-order valence-electron chi connectivity index (χ1n) is 9.30. The molecule has 142 valence electrons. The summed E-state index contributed by atoms with van der Waals surface area (Å²) in [5.74, 6) is 0.0905. The molecule has 2 fully saturated rings. The molecular formula is C20H27ClN2O3. The third kappa shape index (κ3) is 5.55. The zero-order valence-corrected chi connectivity index (χ0v) is 15.8. The minimum absolute atomic E-state index is 0.0336. The van der Waals surface area contributed by atoms with Gasteiger partial charge >= 0.3 is 0 Å². The molecule has 2 aliphatic heterocycles. The van der Waals surface area contributed by atoms with E-state index in [9.17, 15) is 9.90 Å². The van der Waals surface area contributed by atoms with E-state index in [4.69, 9.17) is 16.3 Å². The Morgan fingerprint density at radius 1 is 1.23 bits per heavy atom. The molecule has 0 radical (unpaired) electrons. The Kier molecular flexibility index (Phi) is 7.08. The van der Waals surface area contributed by atoms with Crippen molar-refractivity contribution in [1.82, 2.24) is 9.80 Å². The molecule has 0 saturated carbocycles. The van der Waals surface area contributed by atoms with Crippen molar-refractivity contribution in [3.8, 4) is 0 Å². The van der Waals surface area contributed by atoms with Gasteiger partial charge in [0.15, 0.2) is 0 Å². The zero-order valence-electron chi connectivity index (χ0n) is 15.0. The first-order valence-corrected chi connectivity index (χ1v) is 9.67. The maximum absolute atomic E-state index is 12.5. The lowest BCUT2D eigenvalue weighted by atomic mass is 9.88. The number of ether oxygens (including phenoxy) is 1. The van der Waals surface area contributed by atoms with Crippen LogP contribution in [0.2, 0.25) is 5.02 Å². The van der Waals surface area contributed by atoms with Gasteiger partial charge in [0.1, 0.15) is 0 Å². The Morgan fingerprint density at radius 2 is 1.96 bits per heavy atom. The van der Waals surface area contributed by atoms with Crippen LogP contribution in [0.3, 0.4) is 0 Å². The summed E-state index contributed by atoms with van der Waals surface area (Å²) in [6.45, 7) is 5.33. The van der Waals surface area contributed by atoms with Crippen molar-refractivity contribution in [3.05, 3.63) is 47.0 Å². The Labute approximate surface area is 160 Å². The fraction of sp³-hybridized carbons (Fsp3) is 0.550. The third-order valence-electron chi connectivity index (χ3n) is 5.14. The molecule has 5 nitrogen and oxygen atoms in total. The molecule has 0 bridgehead atoms. The van der Waals surface area contributed by atoms with Crippen molar-refractivity contribution >= 4 is 17.5 Å². The number of halogens is 1. The fourth-order valence-corrected chi connectivity index (χ4v) is 3.66. The van der Waals surface area contributed by atoms with E-state index in [1.807, 2.05) is 35.2 Å². The highest BCUT2D eigenvalue weighted by Gasteiger charge is 2.29. The summed E-state index contributed by atoms with van der Waals surface area (Å²) in [6.07, 6.45) is 4.62. The number of likely N-dealkylation sites (tertiary alicyclic amines) is 1. The Bertz CT molecular complexity index is 614. The third-order valence-corrected chi connectivity index (χ3v) is 5.40. The van der Waals surface area contributed by atoms with Crippen molar-refractivity contribution in [2.45, 2.75) is 18.9 Å². The molecule has 6 heteroatoms. The number of carbonyl (C=O) groups excluding carboxylic acids is 1. The quantitative estimate of drug-likeness (QED) is 0.796. The van der Waals surface area contributed by atoms with E-state index in [0.29, 0.717) is 24.5 Å². The van der Waals surface area contributed by atoms with Crippen LogP contribution in [0.5, 0.6) is 0 Å². The van der Waals surface area contributed by atoms with Crippen LogP contribution in [0.15, 0.2) is 36.4 Å². The molecule has 0 aliphatic carbocycles. The number of hydrogen-bond donors (Lipinski definition) is 1. The molecule has 2 atom stereocenters. The van der Waals surface area contributed by atoms with E-state index >= 15 is 0 Å². The minimum Gasteiger partial charge on any atom is -0.393 e. The first kappa shape index (κ1) is 19.4. The van der Waals surface area contributed by atoms with Crippen molar-refractivity contribution in [2.24, 2.45) is 5.92 Å². The number of morpholine rings is 1. The van der Waals surface area contributed by atoms with Crippen LogP contribution < -0.4 is 0 Å². The second-order valence-electron chi connectivity index (χ2n) is 7.05. The number of carbonyl (C=O) groups is 1. The number of hydrogen-bond acceptors (Lipinski definition) is 4. The van der Waals surface area contributed by atoms with E-state index < -0.39 is 0 Å². The van der Waals surface area contributed by atoms with E-state index in [2.05, 4.69) is 4.90 Å². The average Bonchev–Trinajstić information content (AvgIpc) is 2.66. The number of amides is 1. The van der Waals surface area contributed by atoms with Gasteiger partial charge in [-0.1, -0.05) is 29.8 Å². The van der Waals surface area contributed by atoms with Crippen molar-refractivity contribution in [3.63, 3.8) is 0 Å². The van der Waals surface area contributed by atoms with Crippen LogP contribution >= 0.6 is 11.6 Å². The van der Waals surface area contributed by atoms with Crippen LogP contribution in [0.25, 0.3) is 0 Å². The first-order chi connectivity index (χ1) is 12.6. The van der Waals surface area contributed by atoms with Crippen LogP contribution in [-0.4, -0.2) is 72.9 Å². The van der Waals surface area contributed by atoms with Gasteiger partial charge in [0, 0.05) is 49.7 Å². The van der Waals surface area contributed by atoms with Crippen molar-refractivity contribution in [1.29, 1.82) is 0 Å². The van der Waals surface area contributed by atoms with Crippen LogP contribution in [0.4, 0.5) is 0 Å². The highest BCUT2D eigenvalue weighted by atomic mass is 35.5. The van der Waals surface area contributed by atoms with Crippen molar-refractivity contribution in [2.75, 3.05) is 45.9 Å². The summed E-state index contributed by atoms with van der Waals surface area (Å²) in [4.78, 5) is 16.6. The number of piperidine rings is 1. The lowest BCUT2D eigenvalue weighted by molar-refractivity contribution is -0.129. The maximum Gasteiger partial charge on any atom is 0.246 e. The summed E-state index contributed by atoms with van der Waals surface area (Å²) < 4.78 is 5.33. The molecule has 3 rings (SSSR count). The second kappa shape index (κ2) is 9.51. The summed E-state index contributed by atoms with van der Waals surface area (Å²) in [5, 5.41) is 11.0. The van der Waals surface area contributed by atoms with Gasteiger partial charge in [0.2, 0.25) is 5.91 Å². The van der Waals surface area contributed by atoms with Gasteiger partial charge < -0.3 is 14.7 Å². The lowest BCUT2D eigenvalue weighted by Gasteiger charge is -2.36. The molecule has 1 aromatic rings. The van der Waals surface area contributed by atoms with Crippen LogP contribution in [-0.2, 0) is 16.0 Å².